The van der Waals surface area contributed by atoms with Crippen molar-refractivity contribution < 1.29 is 18.0 Å². The van der Waals surface area contributed by atoms with E-state index in [2.05, 4.69) is 55.7 Å². The summed E-state index contributed by atoms with van der Waals surface area (Å²) in [6, 6.07) is 4.34. The number of likely N-dealkylation sites (tertiary alicyclic amines) is 2. The first kappa shape index (κ1) is 32.9. The van der Waals surface area contributed by atoms with E-state index in [1.54, 1.807) is 6.33 Å². The highest BCUT2D eigenvalue weighted by molar-refractivity contribution is 6.31. The number of carbonyl (C=O) groups is 1. The minimum atomic E-state index is -1.49. The van der Waals surface area contributed by atoms with Gasteiger partial charge in [0.1, 0.15) is 12.2 Å². The minimum absolute atomic E-state index is 0.0491. The van der Waals surface area contributed by atoms with Crippen molar-refractivity contribution in [3.8, 4) is 0 Å². The Hall–Kier alpha value is -2.98. The van der Waals surface area contributed by atoms with Gasteiger partial charge in [0, 0.05) is 54.9 Å². The number of amides is 1. The predicted molar refractivity (Wildman–Crippen MR) is 171 cm³/mol. The Labute approximate surface area is 274 Å². The zero-order valence-electron chi connectivity index (χ0n) is 27.8. The number of hydrogen-bond acceptors (Lipinski definition) is 5. The Morgan fingerprint density at radius 3 is 2.35 bits per heavy atom. The first-order valence-corrected chi connectivity index (χ1v) is 16.6. The number of benzene rings is 1. The van der Waals surface area contributed by atoms with E-state index in [1.807, 2.05) is 23.6 Å². The number of nitrogens with zero attached hydrogens (tertiary/aromatic N) is 6. The summed E-state index contributed by atoms with van der Waals surface area (Å²) in [5, 5.41) is 4.97. The molecule has 3 aliphatic rings. The van der Waals surface area contributed by atoms with Crippen molar-refractivity contribution in [2.24, 2.45) is 13.0 Å². The molecule has 2 aliphatic heterocycles. The molecule has 1 spiro atoms. The summed E-state index contributed by atoms with van der Waals surface area (Å²) in [7, 11) is 1.91. The van der Waals surface area contributed by atoms with Gasteiger partial charge in [-0.05, 0) is 89.1 Å². The van der Waals surface area contributed by atoms with E-state index < -0.39 is 29.3 Å². The van der Waals surface area contributed by atoms with Crippen LogP contribution in [0.3, 0.4) is 0 Å². The Bertz CT molecular complexity index is 1660. The maximum atomic E-state index is 15.2. The number of piperidine rings is 2. The van der Waals surface area contributed by atoms with Crippen molar-refractivity contribution in [2.75, 3.05) is 26.2 Å². The maximum Gasteiger partial charge on any atom is 0.226 e. The SMILES string of the molecule is Cc1nc2c(cc1Cl)[C@H](C(C)(C)c1ncnn1C)CC21CCN(C(=O)[C@@H]2CCN(C(C)(C)C)C[C@H]2c2ccc(F)c(F)c2F)CC1. The van der Waals surface area contributed by atoms with Crippen LogP contribution in [0.1, 0.15) is 100 Å². The molecular formula is C35H44ClF3N6O. The van der Waals surface area contributed by atoms with Crippen molar-refractivity contribution in [1.82, 2.24) is 29.5 Å². The lowest BCUT2D eigenvalue weighted by molar-refractivity contribution is -0.140. The molecular weight excluding hydrogens is 613 g/mol. The Morgan fingerprint density at radius 2 is 1.72 bits per heavy atom. The fraction of sp³-hybridized carbons (Fsp3) is 0.600. The van der Waals surface area contributed by atoms with Gasteiger partial charge < -0.3 is 4.90 Å². The molecule has 248 valence electrons. The van der Waals surface area contributed by atoms with E-state index in [-0.39, 0.29) is 33.8 Å². The van der Waals surface area contributed by atoms with Crippen molar-refractivity contribution in [2.45, 2.75) is 95.4 Å². The average molecular weight is 657 g/mol. The van der Waals surface area contributed by atoms with E-state index in [0.717, 1.165) is 48.1 Å². The molecule has 1 aromatic carbocycles. The third-order valence-corrected chi connectivity index (χ3v) is 11.6. The van der Waals surface area contributed by atoms with E-state index in [0.29, 0.717) is 37.6 Å². The first-order valence-electron chi connectivity index (χ1n) is 16.2. The van der Waals surface area contributed by atoms with Gasteiger partial charge in [-0.15, -0.1) is 0 Å². The fourth-order valence-corrected chi connectivity index (χ4v) is 8.55. The van der Waals surface area contributed by atoms with Crippen molar-refractivity contribution in [1.29, 1.82) is 0 Å². The van der Waals surface area contributed by atoms with Crippen LogP contribution in [-0.2, 0) is 22.7 Å². The van der Waals surface area contributed by atoms with E-state index in [4.69, 9.17) is 16.6 Å². The molecule has 2 aromatic heterocycles. The second-order valence-electron chi connectivity index (χ2n) is 15.2. The van der Waals surface area contributed by atoms with Crippen molar-refractivity contribution in [3.05, 3.63) is 75.3 Å². The largest absolute Gasteiger partial charge is 0.342 e. The average Bonchev–Trinajstić information content (AvgIpc) is 3.58. The molecule has 2 fully saturated rings. The highest BCUT2D eigenvalue weighted by Gasteiger charge is 2.53. The van der Waals surface area contributed by atoms with Crippen molar-refractivity contribution >= 4 is 17.5 Å². The maximum absolute atomic E-state index is 15.2. The number of halogens is 4. The van der Waals surface area contributed by atoms with Gasteiger partial charge in [0.15, 0.2) is 17.5 Å². The lowest BCUT2D eigenvalue weighted by Crippen LogP contribution is -2.54. The molecule has 4 heterocycles. The second-order valence-corrected chi connectivity index (χ2v) is 15.6. The summed E-state index contributed by atoms with van der Waals surface area (Å²) in [4.78, 5) is 28.1. The number of hydrogen-bond donors (Lipinski definition) is 0. The van der Waals surface area contributed by atoms with Crippen LogP contribution in [0.2, 0.25) is 5.02 Å². The molecule has 7 nitrogen and oxygen atoms in total. The summed E-state index contributed by atoms with van der Waals surface area (Å²) in [5.74, 6) is -4.11. The monoisotopic (exact) mass is 656 g/mol. The predicted octanol–water partition coefficient (Wildman–Crippen LogP) is 6.82. The molecule has 3 aromatic rings. The van der Waals surface area contributed by atoms with Crippen LogP contribution in [0.25, 0.3) is 0 Å². The summed E-state index contributed by atoms with van der Waals surface area (Å²) in [5.41, 5.74) is 2.24. The normalized spacial score (nSPS) is 23.6. The Kier molecular flexibility index (Phi) is 8.32. The van der Waals surface area contributed by atoms with Crippen molar-refractivity contribution in [3.63, 3.8) is 0 Å². The molecule has 0 unspecified atom stereocenters. The van der Waals surface area contributed by atoms with Crippen LogP contribution in [0.5, 0.6) is 0 Å². The number of rotatable bonds is 4. The number of aryl methyl sites for hydroxylation is 2. The zero-order valence-corrected chi connectivity index (χ0v) is 28.6. The Balaban J connectivity index is 1.28. The number of carbonyl (C=O) groups excluding carboxylic acids is 1. The lowest BCUT2D eigenvalue weighted by Gasteiger charge is -2.47. The van der Waals surface area contributed by atoms with E-state index in [1.165, 1.54) is 6.07 Å². The molecule has 2 saturated heterocycles. The van der Waals surface area contributed by atoms with Gasteiger partial charge in [-0.25, -0.2) is 18.2 Å². The number of fused-ring (bicyclic) bond motifs is 2. The lowest BCUT2D eigenvalue weighted by atomic mass is 9.70. The molecule has 6 rings (SSSR count). The summed E-state index contributed by atoms with van der Waals surface area (Å²) in [6.45, 7) is 14.6. The van der Waals surface area contributed by atoms with Crippen LogP contribution in [-0.4, -0.2) is 67.2 Å². The highest BCUT2D eigenvalue weighted by atomic mass is 35.5. The third-order valence-electron chi connectivity index (χ3n) is 11.2. The molecule has 0 saturated carbocycles. The van der Waals surface area contributed by atoms with Crippen LogP contribution in [0.4, 0.5) is 13.2 Å². The molecule has 0 N–H and O–H groups in total. The van der Waals surface area contributed by atoms with E-state index >= 15 is 4.39 Å². The molecule has 11 heteroatoms. The van der Waals surface area contributed by atoms with Gasteiger partial charge in [-0.1, -0.05) is 31.5 Å². The molecule has 0 bridgehead atoms. The third kappa shape index (κ3) is 5.43. The minimum Gasteiger partial charge on any atom is -0.342 e. The van der Waals surface area contributed by atoms with Gasteiger partial charge in [-0.2, -0.15) is 5.10 Å². The summed E-state index contributed by atoms with van der Waals surface area (Å²) in [6.07, 6.45) is 4.41. The Morgan fingerprint density at radius 1 is 1.02 bits per heavy atom. The number of aromatic nitrogens is 4. The molecule has 46 heavy (non-hydrogen) atoms. The second kappa shape index (κ2) is 11.6. The standard InChI is InChI=1S/C35H44ClF3N6O/c1-20-26(36)16-23-25(34(5,6)32-40-19-41-43(32)7)17-35(30(23)42-20)11-14-44(15-12-35)31(46)22-10-13-45(33(2,3)4)18-24(22)21-8-9-27(37)29(39)28(21)38/h8-9,16,19,22,24-25H,10-15,17-18H2,1-7H3/t22-,24+,25-/m1/s1. The zero-order chi connectivity index (χ0) is 33.3. The van der Waals surface area contributed by atoms with Crippen LogP contribution < -0.4 is 0 Å². The van der Waals surface area contributed by atoms with Gasteiger partial charge in [0.2, 0.25) is 5.91 Å². The molecule has 3 atom stereocenters. The van der Waals surface area contributed by atoms with Gasteiger partial charge in [0.25, 0.3) is 0 Å². The fourth-order valence-electron chi connectivity index (χ4n) is 8.39. The van der Waals surface area contributed by atoms with Gasteiger partial charge in [0.05, 0.1) is 16.4 Å². The molecule has 1 aliphatic carbocycles. The van der Waals surface area contributed by atoms with Gasteiger partial charge >= 0.3 is 0 Å². The van der Waals surface area contributed by atoms with E-state index in [9.17, 15) is 13.6 Å². The topological polar surface area (TPSA) is 67.2 Å². The quantitative estimate of drug-likeness (QED) is 0.289. The summed E-state index contributed by atoms with van der Waals surface area (Å²) < 4.78 is 45.4. The van der Waals surface area contributed by atoms with Crippen LogP contribution in [0, 0.1) is 30.3 Å². The highest BCUT2D eigenvalue weighted by Crippen LogP contribution is 2.57. The molecule has 1 amide bonds. The number of pyridine rings is 1. The first-order chi connectivity index (χ1) is 21.5. The van der Waals surface area contributed by atoms with Crippen LogP contribution in [0.15, 0.2) is 24.5 Å². The summed E-state index contributed by atoms with van der Waals surface area (Å²) >= 11 is 6.65. The van der Waals surface area contributed by atoms with Crippen LogP contribution >= 0.6 is 11.6 Å². The molecule has 0 radical (unpaired) electrons. The smallest absolute Gasteiger partial charge is 0.226 e. The van der Waals surface area contributed by atoms with Gasteiger partial charge in [-0.3, -0.25) is 19.4 Å².